The summed E-state index contributed by atoms with van der Waals surface area (Å²) < 4.78 is 0. The van der Waals surface area contributed by atoms with E-state index >= 15 is 0 Å². The molecular formula is C15H24N2S. The average Bonchev–Trinajstić information content (AvgIpc) is 2.65. The average molecular weight is 264 g/mol. The van der Waals surface area contributed by atoms with E-state index in [4.69, 9.17) is 0 Å². The van der Waals surface area contributed by atoms with Gasteiger partial charge in [-0.25, -0.2) is 0 Å². The van der Waals surface area contributed by atoms with Gasteiger partial charge in [0, 0.05) is 24.0 Å². The van der Waals surface area contributed by atoms with Crippen molar-refractivity contribution in [3.63, 3.8) is 0 Å². The molecule has 1 unspecified atom stereocenters. The van der Waals surface area contributed by atoms with E-state index in [0.29, 0.717) is 6.04 Å². The highest BCUT2D eigenvalue weighted by molar-refractivity contribution is 7.98. The molecule has 0 aliphatic carbocycles. The second kappa shape index (κ2) is 7.05. The second-order valence-corrected chi connectivity index (χ2v) is 5.76. The van der Waals surface area contributed by atoms with Crippen LogP contribution in [0.5, 0.6) is 0 Å². The Balaban J connectivity index is 2.14. The van der Waals surface area contributed by atoms with E-state index in [-0.39, 0.29) is 0 Å². The molecule has 1 saturated heterocycles. The summed E-state index contributed by atoms with van der Waals surface area (Å²) in [6.07, 6.45) is 5.94. The Morgan fingerprint density at radius 3 is 3.00 bits per heavy atom. The largest absolute Gasteiger partial charge is 0.369 e. The maximum Gasteiger partial charge on any atom is 0.0504 e. The van der Waals surface area contributed by atoms with Crippen LogP contribution in [-0.4, -0.2) is 31.9 Å². The van der Waals surface area contributed by atoms with E-state index in [2.05, 4.69) is 47.7 Å². The van der Waals surface area contributed by atoms with E-state index in [9.17, 15) is 0 Å². The van der Waals surface area contributed by atoms with Crippen molar-refractivity contribution in [2.24, 2.45) is 0 Å². The minimum Gasteiger partial charge on any atom is -0.369 e. The summed E-state index contributed by atoms with van der Waals surface area (Å²) in [6, 6.07) is 9.43. The molecule has 1 N–H and O–H groups in total. The minimum atomic E-state index is 0.646. The Morgan fingerprint density at radius 2 is 2.22 bits per heavy atom. The van der Waals surface area contributed by atoms with Crippen molar-refractivity contribution < 1.29 is 0 Å². The van der Waals surface area contributed by atoms with Gasteiger partial charge >= 0.3 is 0 Å². The van der Waals surface area contributed by atoms with Crippen LogP contribution >= 0.6 is 11.8 Å². The molecule has 0 bridgehead atoms. The first-order valence-electron chi connectivity index (χ1n) is 6.96. The Hall–Kier alpha value is -0.670. The lowest BCUT2D eigenvalue weighted by atomic mass is 10.1. The summed E-state index contributed by atoms with van der Waals surface area (Å²) in [5.74, 6) is 0. The Kier molecular flexibility index (Phi) is 5.39. The summed E-state index contributed by atoms with van der Waals surface area (Å²) in [4.78, 5) is 3.96. The Morgan fingerprint density at radius 1 is 1.39 bits per heavy atom. The standard InChI is InChI=1S/C15H24N2S/c1-3-7-13-12-17(11-6-10-16-13)14-8-4-5-9-15(14)18-2/h4-5,8-9,13,16H,3,6-7,10-12H2,1-2H3. The van der Waals surface area contributed by atoms with E-state index < -0.39 is 0 Å². The molecule has 2 nitrogen and oxygen atoms in total. The normalized spacial score (nSPS) is 20.8. The fourth-order valence-electron chi connectivity index (χ4n) is 2.65. The van der Waals surface area contributed by atoms with E-state index in [1.54, 1.807) is 0 Å². The van der Waals surface area contributed by atoms with Crippen LogP contribution in [-0.2, 0) is 0 Å². The zero-order valence-electron chi connectivity index (χ0n) is 11.5. The van der Waals surface area contributed by atoms with Crippen molar-refractivity contribution in [3.05, 3.63) is 24.3 Å². The highest BCUT2D eigenvalue weighted by Crippen LogP contribution is 2.29. The monoisotopic (exact) mass is 264 g/mol. The second-order valence-electron chi connectivity index (χ2n) is 4.91. The third kappa shape index (κ3) is 3.42. The van der Waals surface area contributed by atoms with Gasteiger partial charge in [-0.15, -0.1) is 11.8 Å². The summed E-state index contributed by atoms with van der Waals surface area (Å²) >= 11 is 1.85. The fourth-order valence-corrected chi connectivity index (χ4v) is 3.27. The quantitative estimate of drug-likeness (QED) is 0.839. The van der Waals surface area contributed by atoms with Crippen molar-refractivity contribution in [2.75, 3.05) is 30.8 Å². The number of hydrogen-bond acceptors (Lipinski definition) is 3. The molecule has 1 aromatic carbocycles. The van der Waals surface area contributed by atoms with Crippen LogP contribution in [0.15, 0.2) is 29.2 Å². The number of nitrogens with zero attached hydrogens (tertiary/aromatic N) is 1. The smallest absolute Gasteiger partial charge is 0.0504 e. The number of benzene rings is 1. The molecule has 2 rings (SSSR count). The molecule has 1 aromatic rings. The van der Waals surface area contributed by atoms with Gasteiger partial charge in [-0.1, -0.05) is 25.5 Å². The highest BCUT2D eigenvalue weighted by Gasteiger charge is 2.18. The third-order valence-electron chi connectivity index (χ3n) is 3.54. The number of rotatable bonds is 4. The van der Waals surface area contributed by atoms with Gasteiger partial charge in [-0.05, 0) is 37.8 Å². The van der Waals surface area contributed by atoms with Crippen molar-refractivity contribution in [1.82, 2.24) is 5.32 Å². The number of thioether (sulfide) groups is 1. The maximum atomic E-state index is 3.67. The zero-order chi connectivity index (χ0) is 12.8. The van der Waals surface area contributed by atoms with Gasteiger partial charge in [0.2, 0.25) is 0 Å². The van der Waals surface area contributed by atoms with Crippen LogP contribution in [0.4, 0.5) is 5.69 Å². The number of anilines is 1. The summed E-state index contributed by atoms with van der Waals surface area (Å²) in [6.45, 7) is 5.74. The van der Waals surface area contributed by atoms with Crippen LogP contribution in [0.3, 0.4) is 0 Å². The van der Waals surface area contributed by atoms with Gasteiger partial charge in [0.05, 0.1) is 5.69 Å². The van der Waals surface area contributed by atoms with Gasteiger partial charge in [0.15, 0.2) is 0 Å². The van der Waals surface area contributed by atoms with Crippen LogP contribution in [0.2, 0.25) is 0 Å². The first-order valence-corrected chi connectivity index (χ1v) is 8.19. The first-order chi connectivity index (χ1) is 8.85. The minimum absolute atomic E-state index is 0.646. The molecule has 0 saturated carbocycles. The molecule has 1 atom stereocenters. The molecule has 18 heavy (non-hydrogen) atoms. The van der Waals surface area contributed by atoms with E-state index in [0.717, 1.165) is 13.1 Å². The Bertz CT molecular complexity index is 367. The van der Waals surface area contributed by atoms with Crippen LogP contribution in [0.1, 0.15) is 26.2 Å². The van der Waals surface area contributed by atoms with Crippen LogP contribution < -0.4 is 10.2 Å². The summed E-state index contributed by atoms with van der Waals surface area (Å²) in [5.41, 5.74) is 1.41. The zero-order valence-corrected chi connectivity index (χ0v) is 12.3. The first kappa shape index (κ1) is 13.8. The van der Waals surface area contributed by atoms with Crippen molar-refractivity contribution in [2.45, 2.75) is 37.1 Å². The van der Waals surface area contributed by atoms with E-state index in [1.807, 2.05) is 11.8 Å². The van der Waals surface area contributed by atoms with Crippen molar-refractivity contribution in [1.29, 1.82) is 0 Å². The topological polar surface area (TPSA) is 15.3 Å². The van der Waals surface area contributed by atoms with Gasteiger partial charge in [0.1, 0.15) is 0 Å². The fraction of sp³-hybridized carbons (Fsp3) is 0.600. The van der Waals surface area contributed by atoms with Gasteiger partial charge in [0.25, 0.3) is 0 Å². The predicted molar refractivity (Wildman–Crippen MR) is 81.8 cm³/mol. The molecule has 1 heterocycles. The lowest BCUT2D eigenvalue weighted by molar-refractivity contribution is 0.502. The maximum absolute atomic E-state index is 3.67. The molecule has 0 amide bonds. The molecule has 100 valence electrons. The van der Waals surface area contributed by atoms with E-state index in [1.165, 1.54) is 36.4 Å². The molecule has 0 radical (unpaired) electrons. The van der Waals surface area contributed by atoms with Crippen LogP contribution in [0.25, 0.3) is 0 Å². The summed E-state index contributed by atoms with van der Waals surface area (Å²) in [7, 11) is 0. The van der Waals surface area contributed by atoms with Crippen molar-refractivity contribution >= 4 is 17.4 Å². The molecule has 0 spiro atoms. The van der Waals surface area contributed by atoms with Gasteiger partial charge in [-0.3, -0.25) is 0 Å². The number of nitrogens with one attached hydrogen (secondary N) is 1. The number of para-hydroxylation sites is 1. The highest BCUT2D eigenvalue weighted by atomic mass is 32.2. The molecule has 3 heteroatoms. The molecule has 1 aliphatic rings. The molecule has 1 aliphatic heterocycles. The van der Waals surface area contributed by atoms with Crippen LogP contribution in [0, 0.1) is 0 Å². The Labute approximate surface area is 115 Å². The SMILES string of the molecule is CCCC1CN(c2ccccc2SC)CCCN1. The predicted octanol–water partition coefficient (Wildman–Crippen LogP) is 3.38. The van der Waals surface area contributed by atoms with Crippen molar-refractivity contribution in [3.8, 4) is 0 Å². The molecule has 1 fully saturated rings. The molecular weight excluding hydrogens is 240 g/mol. The summed E-state index contributed by atoms with van der Waals surface area (Å²) in [5, 5.41) is 3.67. The molecule has 0 aromatic heterocycles. The number of hydrogen-bond donors (Lipinski definition) is 1. The van der Waals surface area contributed by atoms with Gasteiger partial charge in [-0.2, -0.15) is 0 Å². The third-order valence-corrected chi connectivity index (χ3v) is 4.33. The lowest BCUT2D eigenvalue weighted by Crippen LogP contribution is -2.37. The lowest BCUT2D eigenvalue weighted by Gasteiger charge is -2.28. The van der Waals surface area contributed by atoms with Gasteiger partial charge < -0.3 is 10.2 Å².